The van der Waals surface area contributed by atoms with Gasteiger partial charge < -0.3 is 14.6 Å². The molecule has 0 spiro atoms. The predicted octanol–water partition coefficient (Wildman–Crippen LogP) is 2.80. The second-order valence-electron chi connectivity index (χ2n) is 5.89. The summed E-state index contributed by atoms with van der Waals surface area (Å²) in [5, 5.41) is 6.90. The highest BCUT2D eigenvalue weighted by molar-refractivity contribution is 5.81. The summed E-state index contributed by atoms with van der Waals surface area (Å²) in [5.41, 5.74) is 1.01. The Morgan fingerprint density at radius 1 is 1.43 bits per heavy atom. The third kappa shape index (κ3) is 3.70. The van der Waals surface area contributed by atoms with Gasteiger partial charge in [0.05, 0.1) is 6.04 Å². The van der Waals surface area contributed by atoms with Gasteiger partial charge in [0.25, 0.3) is 5.91 Å². The van der Waals surface area contributed by atoms with Gasteiger partial charge in [-0.15, -0.1) is 0 Å². The summed E-state index contributed by atoms with van der Waals surface area (Å²) in [7, 11) is 0. The van der Waals surface area contributed by atoms with Gasteiger partial charge in [-0.05, 0) is 43.7 Å². The van der Waals surface area contributed by atoms with Crippen LogP contribution in [0.25, 0.3) is 0 Å². The van der Waals surface area contributed by atoms with Crippen molar-refractivity contribution in [1.82, 2.24) is 15.5 Å². The summed E-state index contributed by atoms with van der Waals surface area (Å²) in [6.07, 6.45) is 3.47. The molecule has 122 valence electrons. The van der Waals surface area contributed by atoms with Gasteiger partial charge in [-0.2, -0.15) is 4.98 Å². The van der Waals surface area contributed by atoms with Crippen LogP contribution in [0.15, 0.2) is 35.2 Å². The number of hydrogen-bond acceptors (Lipinski definition) is 5. The van der Waals surface area contributed by atoms with Gasteiger partial charge in [0, 0.05) is 0 Å². The van der Waals surface area contributed by atoms with Gasteiger partial charge in [0.1, 0.15) is 5.75 Å². The van der Waals surface area contributed by atoms with Gasteiger partial charge in [-0.25, -0.2) is 0 Å². The highest BCUT2D eigenvalue weighted by Crippen LogP contribution is 2.40. The molecule has 0 aliphatic heterocycles. The van der Waals surface area contributed by atoms with E-state index in [-0.39, 0.29) is 11.9 Å². The molecule has 0 saturated heterocycles. The maximum atomic E-state index is 12.6. The number of aryl methyl sites for hydroxylation is 1. The number of rotatable bonds is 7. The third-order valence-electron chi connectivity index (χ3n) is 4.07. The van der Waals surface area contributed by atoms with Crippen LogP contribution in [0.3, 0.4) is 0 Å². The van der Waals surface area contributed by atoms with E-state index in [0.29, 0.717) is 18.2 Å². The summed E-state index contributed by atoms with van der Waals surface area (Å²) >= 11 is 0. The van der Waals surface area contributed by atoms with Crippen molar-refractivity contribution in [3.8, 4) is 5.75 Å². The van der Waals surface area contributed by atoms with Crippen LogP contribution < -0.4 is 10.1 Å². The van der Waals surface area contributed by atoms with Crippen LogP contribution >= 0.6 is 0 Å². The minimum atomic E-state index is -0.538. The number of ether oxygens (including phenoxy) is 1. The molecule has 6 nitrogen and oxygen atoms in total. The summed E-state index contributed by atoms with van der Waals surface area (Å²) in [5.74, 6) is 1.51. The van der Waals surface area contributed by atoms with Gasteiger partial charge >= 0.3 is 0 Å². The maximum absolute atomic E-state index is 12.6. The zero-order valence-corrected chi connectivity index (χ0v) is 13.4. The fourth-order valence-corrected chi connectivity index (χ4v) is 2.55. The Balaban J connectivity index is 1.68. The molecule has 0 radical (unpaired) electrons. The number of nitrogens with one attached hydrogen (secondary N) is 1. The van der Waals surface area contributed by atoms with Crippen LogP contribution in [-0.4, -0.2) is 22.2 Å². The minimum absolute atomic E-state index is 0.141. The average Bonchev–Trinajstić information content (AvgIpc) is 3.25. The third-order valence-corrected chi connectivity index (χ3v) is 4.07. The normalized spacial score (nSPS) is 16.6. The second-order valence-corrected chi connectivity index (χ2v) is 5.89. The van der Waals surface area contributed by atoms with E-state index in [0.717, 1.165) is 24.2 Å². The zero-order valence-electron chi connectivity index (χ0n) is 13.4. The van der Waals surface area contributed by atoms with E-state index in [2.05, 4.69) is 15.5 Å². The summed E-state index contributed by atoms with van der Waals surface area (Å²) in [6, 6.07) is 7.49. The Morgan fingerprint density at radius 2 is 2.22 bits per heavy atom. The van der Waals surface area contributed by atoms with Crippen molar-refractivity contribution < 1.29 is 14.1 Å². The average molecular weight is 315 g/mol. The van der Waals surface area contributed by atoms with Crippen molar-refractivity contribution in [2.24, 2.45) is 5.92 Å². The molecule has 2 unspecified atom stereocenters. The van der Waals surface area contributed by atoms with Gasteiger partial charge in [0.2, 0.25) is 6.39 Å². The number of amides is 1. The van der Waals surface area contributed by atoms with Crippen molar-refractivity contribution in [3.05, 3.63) is 42.0 Å². The highest BCUT2D eigenvalue weighted by atomic mass is 16.5. The molecule has 1 fully saturated rings. The minimum Gasteiger partial charge on any atom is -0.480 e. The van der Waals surface area contributed by atoms with Crippen LogP contribution in [0, 0.1) is 12.8 Å². The lowest BCUT2D eigenvalue weighted by atomic mass is 10.1. The molecule has 0 bridgehead atoms. The standard InChI is InChI=1S/C17H21N3O3/c1-3-13(23-14-7-5-4-6-11(14)2)17(21)19-15(12-8-9-12)16-18-10-22-20-16/h4-7,10,12-13,15H,3,8-9H2,1-2H3,(H,19,21). The largest absolute Gasteiger partial charge is 0.480 e. The number of carbonyl (C=O) groups excluding carboxylic acids is 1. The molecule has 1 amide bonds. The monoisotopic (exact) mass is 315 g/mol. The molecule has 1 N–H and O–H groups in total. The van der Waals surface area contributed by atoms with Gasteiger partial charge in [-0.3, -0.25) is 4.79 Å². The molecule has 1 aliphatic carbocycles. The van der Waals surface area contributed by atoms with Crippen molar-refractivity contribution >= 4 is 5.91 Å². The summed E-state index contributed by atoms with van der Waals surface area (Å²) in [6.45, 7) is 3.90. The van der Waals surface area contributed by atoms with Crippen molar-refractivity contribution in [2.45, 2.75) is 45.3 Å². The van der Waals surface area contributed by atoms with Crippen LogP contribution in [0.1, 0.15) is 43.6 Å². The molecule has 1 aliphatic rings. The number of hydrogen-bond donors (Lipinski definition) is 1. The van der Waals surface area contributed by atoms with E-state index >= 15 is 0 Å². The Morgan fingerprint density at radius 3 is 2.83 bits per heavy atom. The molecule has 1 aromatic heterocycles. The molecule has 23 heavy (non-hydrogen) atoms. The Bertz CT molecular complexity index is 653. The van der Waals surface area contributed by atoms with Crippen molar-refractivity contribution in [2.75, 3.05) is 0 Å². The molecule has 6 heteroatoms. The van der Waals surface area contributed by atoms with E-state index in [1.807, 2.05) is 38.1 Å². The van der Waals surface area contributed by atoms with E-state index in [1.165, 1.54) is 6.39 Å². The Hall–Kier alpha value is -2.37. The fourth-order valence-electron chi connectivity index (χ4n) is 2.55. The van der Waals surface area contributed by atoms with Crippen LogP contribution in [0.5, 0.6) is 5.75 Å². The smallest absolute Gasteiger partial charge is 0.261 e. The number of aromatic nitrogens is 2. The second kappa shape index (κ2) is 6.81. The Labute approximate surface area is 135 Å². The number of nitrogens with zero attached hydrogens (tertiary/aromatic N) is 2. The number of benzene rings is 1. The fraction of sp³-hybridized carbons (Fsp3) is 0.471. The van der Waals surface area contributed by atoms with Crippen LogP contribution in [0.4, 0.5) is 0 Å². The Kier molecular flexibility index (Phi) is 4.60. The molecule has 3 rings (SSSR count). The van der Waals surface area contributed by atoms with E-state index in [4.69, 9.17) is 9.26 Å². The molecule has 2 atom stereocenters. The van der Waals surface area contributed by atoms with Crippen molar-refractivity contribution in [1.29, 1.82) is 0 Å². The lowest BCUT2D eigenvalue weighted by molar-refractivity contribution is -0.129. The van der Waals surface area contributed by atoms with Crippen LogP contribution in [-0.2, 0) is 4.79 Å². The zero-order chi connectivity index (χ0) is 16.2. The predicted molar refractivity (Wildman–Crippen MR) is 83.8 cm³/mol. The highest BCUT2D eigenvalue weighted by Gasteiger charge is 2.37. The summed E-state index contributed by atoms with van der Waals surface area (Å²) < 4.78 is 10.7. The summed E-state index contributed by atoms with van der Waals surface area (Å²) in [4.78, 5) is 16.7. The van der Waals surface area contributed by atoms with Crippen molar-refractivity contribution in [3.63, 3.8) is 0 Å². The molecule has 1 heterocycles. The molecular formula is C17H21N3O3. The topological polar surface area (TPSA) is 77.2 Å². The maximum Gasteiger partial charge on any atom is 0.261 e. The lowest BCUT2D eigenvalue weighted by Gasteiger charge is -2.21. The molecule has 2 aromatic rings. The molecular weight excluding hydrogens is 294 g/mol. The first-order valence-corrected chi connectivity index (χ1v) is 7.98. The molecule has 1 saturated carbocycles. The van der Waals surface area contributed by atoms with E-state index in [9.17, 15) is 4.79 Å². The number of carbonyl (C=O) groups is 1. The molecule has 1 aromatic carbocycles. The first-order chi connectivity index (χ1) is 11.2. The first-order valence-electron chi connectivity index (χ1n) is 7.98. The van der Waals surface area contributed by atoms with Gasteiger partial charge in [0.15, 0.2) is 11.9 Å². The SMILES string of the molecule is CCC(Oc1ccccc1C)C(=O)NC(c1ncon1)C1CC1. The quantitative estimate of drug-likeness (QED) is 0.850. The first kappa shape index (κ1) is 15.5. The van der Waals surface area contributed by atoms with Gasteiger partial charge in [-0.1, -0.05) is 30.3 Å². The van der Waals surface area contributed by atoms with E-state index in [1.54, 1.807) is 0 Å². The number of para-hydroxylation sites is 1. The van der Waals surface area contributed by atoms with E-state index < -0.39 is 6.10 Å². The van der Waals surface area contributed by atoms with Crippen LogP contribution in [0.2, 0.25) is 0 Å². The lowest BCUT2D eigenvalue weighted by Crippen LogP contribution is -2.41.